The van der Waals surface area contributed by atoms with Crippen LogP contribution in [0.4, 0.5) is 0 Å². The van der Waals surface area contributed by atoms with Crippen LogP contribution in [0.2, 0.25) is 0 Å². The van der Waals surface area contributed by atoms with E-state index >= 15 is 0 Å². The highest BCUT2D eigenvalue weighted by Crippen LogP contribution is 2.28. The Kier molecular flexibility index (Phi) is 2.97. The number of rotatable bonds is 3. The molecule has 1 aromatic rings. The fourth-order valence-corrected chi connectivity index (χ4v) is 1.26. The summed E-state index contributed by atoms with van der Waals surface area (Å²) in [5.74, 6) is 0. The van der Waals surface area contributed by atoms with Crippen molar-refractivity contribution >= 4 is 0 Å². The van der Waals surface area contributed by atoms with Crippen LogP contribution in [0.5, 0.6) is 0 Å². The third kappa shape index (κ3) is 1.81. The number of likely N-dealkylation sites (N-methyl/N-ethyl adjacent to an activating group) is 1. The highest BCUT2D eigenvalue weighted by molar-refractivity contribution is 5.09. The van der Waals surface area contributed by atoms with Gasteiger partial charge in [0.15, 0.2) is 0 Å². The van der Waals surface area contributed by atoms with Gasteiger partial charge in [0.2, 0.25) is 0 Å². The molecule has 4 nitrogen and oxygen atoms in total. The molecule has 4 heteroatoms. The summed E-state index contributed by atoms with van der Waals surface area (Å²) in [6, 6.07) is 1.84. The van der Waals surface area contributed by atoms with Crippen LogP contribution in [0.15, 0.2) is 12.3 Å². The van der Waals surface area contributed by atoms with E-state index in [2.05, 4.69) is 5.10 Å². The third-order valence-electron chi connectivity index (χ3n) is 2.96. The summed E-state index contributed by atoms with van der Waals surface area (Å²) >= 11 is 0. The Balaban J connectivity index is 2.96. The fraction of sp³-hybridized carbons (Fsp3) is 0.700. The lowest BCUT2D eigenvalue weighted by Gasteiger charge is -2.37. The van der Waals surface area contributed by atoms with Crippen molar-refractivity contribution in [3.8, 4) is 0 Å². The Morgan fingerprint density at radius 3 is 2.43 bits per heavy atom. The molecule has 0 aliphatic rings. The van der Waals surface area contributed by atoms with Gasteiger partial charge < -0.3 is 10.0 Å². The molecule has 0 radical (unpaired) electrons. The molecule has 0 amide bonds. The Morgan fingerprint density at radius 1 is 1.50 bits per heavy atom. The van der Waals surface area contributed by atoms with E-state index in [0.29, 0.717) is 0 Å². The fourth-order valence-electron chi connectivity index (χ4n) is 1.26. The molecule has 1 heterocycles. The zero-order valence-electron chi connectivity index (χ0n) is 9.52. The number of hydrogen-bond donors (Lipinski definition) is 1. The molecule has 0 aliphatic carbocycles. The van der Waals surface area contributed by atoms with E-state index in [-0.39, 0.29) is 5.54 Å². The number of nitrogens with zero attached hydrogens (tertiary/aromatic N) is 3. The summed E-state index contributed by atoms with van der Waals surface area (Å²) in [5, 5.41) is 14.2. The van der Waals surface area contributed by atoms with E-state index in [9.17, 15) is 5.11 Å². The molecule has 0 aliphatic heterocycles. The maximum absolute atomic E-state index is 10.2. The van der Waals surface area contributed by atoms with E-state index in [4.69, 9.17) is 0 Å². The first-order valence-electron chi connectivity index (χ1n) is 4.70. The first-order chi connectivity index (χ1) is 6.37. The molecule has 0 saturated heterocycles. The topological polar surface area (TPSA) is 41.3 Å². The van der Waals surface area contributed by atoms with Crippen LogP contribution in [-0.2, 0) is 7.05 Å². The zero-order chi connectivity index (χ0) is 10.9. The van der Waals surface area contributed by atoms with E-state index < -0.39 is 6.10 Å². The normalized spacial score (nSPS) is 14.8. The Morgan fingerprint density at radius 2 is 2.07 bits per heavy atom. The van der Waals surface area contributed by atoms with Crippen molar-refractivity contribution in [1.82, 2.24) is 14.7 Å². The predicted molar refractivity (Wildman–Crippen MR) is 55.9 cm³/mol. The van der Waals surface area contributed by atoms with Crippen molar-refractivity contribution in [3.05, 3.63) is 18.0 Å². The Labute approximate surface area is 85.1 Å². The van der Waals surface area contributed by atoms with Gasteiger partial charge in [0.25, 0.3) is 0 Å². The summed E-state index contributed by atoms with van der Waals surface area (Å²) in [7, 11) is 5.75. The summed E-state index contributed by atoms with van der Waals surface area (Å²) in [4.78, 5) is 2.00. The predicted octanol–water partition coefficient (Wildman–Crippen LogP) is 0.794. The Bertz CT molecular complexity index is 304. The highest BCUT2D eigenvalue weighted by atomic mass is 16.3. The van der Waals surface area contributed by atoms with Crippen molar-refractivity contribution in [1.29, 1.82) is 0 Å². The SMILES string of the molecule is CN(C)C(C)(C)C(O)c1ccnn1C. The lowest BCUT2D eigenvalue weighted by molar-refractivity contribution is 0.0113. The molecular weight excluding hydrogens is 178 g/mol. The molecule has 0 bridgehead atoms. The second kappa shape index (κ2) is 3.71. The largest absolute Gasteiger partial charge is 0.385 e. The molecule has 0 saturated carbocycles. The summed E-state index contributed by atoms with van der Waals surface area (Å²) in [5.41, 5.74) is 0.539. The average Bonchev–Trinajstić information content (AvgIpc) is 2.49. The van der Waals surface area contributed by atoms with Crippen LogP contribution in [0.1, 0.15) is 25.6 Å². The molecule has 80 valence electrons. The first kappa shape index (κ1) is 11.2. The lowest BCUT2D eigenvalue weighted by atomic mass is 9.93. The second-order valence-corrected chi connectivity index (χ2v) is 4.33. The minimum Gasteiger partial charge on any atom is -0.385 e. The van der Waals surface area contributed by atoms with Crippen molar-refractivity contribution in [2.24, 2.45) is 7.05 Å². The van der Waals surface area contributed by atoms with Gasteiger partial charge in [0.1, 0.15) is 6.10 Å². The van der Waals surface area contributed by atoms with Crippen molar-refractivity contribution in [2.75, 3.05) is 14.1 Å². The zero-order valence-corrected chi connectivity index (χ0v) is 9.52. The minimum absolute atomic E-state index is 0.298. The van der Waals surface area contributed by atoms with Crippen LogP contribution < -0.4 is 0 Å². The first-order valence-corrected chi connectivity index (χ1v) is 4.70. The summed E-state index contributed by atoms with van der Waals surface area (Å²) < 4.78 is 1.70. The van der Waals surface area contributed by atoms with Crippen LogP contribution in [0, 0.1) is 0 Å². The van der Waals surface area contributed by atoms with Crippen molar-refractivity contribution in [2.45, 2.75) is 25.5 Å². The highest BCUT2D eigenvalue weighted by Gasteiger charge is 2.32. The smallest absolute Gasteiger partial charge is 0.113 e. The molecular formula is C10H19N3O. The second-order valence-electron chi connectivity index (χ2n) is 4.33. The van der Waals surface area contributed by atoms with Crippen LogP contribution in [0.25, 0.3) is 0 Å². The molecule has 0 spiro atoms. The molecule has 14 heavy (non-hydrogen) atoms. The molecule has 1 atom stereocenters. The van der Waals surface area contributed by atoms with Crippen LogP contribution >= 0.6 is 0 Å². The minimum atomic E-state index is -0.537. The van der Waals surface area contributed by atoms with Gasteiger partial charge >= 0.3 is 0 Å². The molecule has 1 rings (SSSR count). The van der Waals surface area contributed by atoms with Gasteiger partial charge in [0.05, 0.1) is 5.69 Å². The molecule has 0 aromatic carbocycles. The van der Waals surface area contributed by atoms with Crippen LogP contribution in [0.3, 0.4) is 0 Å². The molecule has 1 unspecified atom stereocenters. The molecule has 0 fully saturated rings. The number of hydrogen-bond acceptors (Lipinski definition) is 3. The maximum Gasteiger partial charge on any atom is 0.113 e. The van der Waals surface area contributed by atoms with E-state index in [0.717, 1.165) is 5.69 Å². The van der Waals surface area contributed by atoms with Crippen LogP contribution in [-0.4, -0.2) is 39.4 Å². The third-order valence-corrected chi connectivity index (χ3v) is 2.96. The summed E-state index contributed by atoms with van der Waals surface area (Å²) in [6.45, 7) is 4.01. The maximum atomic E-state index is 10.2. The van der Waals surface area contributed by atoms with E-state index in [1.807, 2.05) is 46.0 Å². The average molecular weight is 197 g/mol. The van der Waals surface area contributed by atoms with Gasteiger partial charge in [-0.2, -0.15) is 5.10 Å². The number of aromatic nitrogens is 2. The van der Waals surface area contributed by atoms with Gasteiger partial charge in [-0.05, 0) is 34.0 Å². The Hall–Kier alpha value is -0.870. The van der Waals surface area contributed by atoms with Crippen molar-refractivity contribution < 1.29 is 5.11 Å². The van der Waals surface area contributed by atoms with Gasteiger partial charge in [0, 0.05) is 18.8 Å². The van der Waals surface area contributed by atoms with Crippen molar-refractivity contribution in [3.63, 3.8) is 0 Å². The van der Waals surface area contributed by atoms with Gasteiger partial charge in [-0.3, -0.25) is 4.68 Å². The van der Waals surface area contributed by atoms with Gasteiger partial charge in [-0.15, -0.1) is 0 Å². The number of aliphatic hydroxyl groups excluding tert-OH is 1. The quantitative estimate of drug-likeness (QED) is 0.779. The summed E-state index contributed by atoms with van der Waals surface area (Å²) in [6.07, 6.45) is 1.16. The standard InChI is InChI=1S/C10H19N3O/c1-10(2,12(3)4)9(14)8-6-7-11-13(8)5/h6-7,9,14H,1-5H3. The van der Waals surface area contributed by atoms with E-state index in [1.165, 1.54) is 0 Å². The van der Waals surface area contributed by atoms with Gasteiger partial charge in [-0.25, -0.2) is 0 Å². The number of aryl methyl sites for hydroxylation is 1. The van der Waals surface area contributed by atoms with E-state index in [1.54, 1.807) is 10.9 Å². The van der Waals surface area contributed by atoms with Gasteiger partial charge in [-0.1, -0.05) is 0 Å². The monoisotopic (exact) mass is 197 g/mol. The number of aliphatic hydroxyl groups is 1. The molecule has 1 aromatic heterocycles. The molecule has 1 N–H and O–H groups in total. The lowest BCUT2D eigenvalue weighted by Crippen LogP contribution is -2.44.